The van der Waals surface area contributed by atoms with Crippen molar-refractivity contribution in [1.82, 2.24) is 4.98 Å². The maximum absolute atomic E-state index is 9.41. The average Bonchev–Trinajstić information content (AvgIpc) is 3.11. The van der Waals surface area contributed by atoms with E-state index < -0.39 is 6.10 Å². The van der Waals surface area contributed by atoms with Crippen molar-refractivity contribution in [2.24, 2.45) is 0 Å². The molecule has 3 rings (SSSR count). The zero-order valence-electron chi connectivity index (χ0n) is 12.5. The Balaban J connectivity index is 1.78. The summed E-state index contributed by atoms with van der Waals surface area (Å²) in [6.07, 6.45) is -0.761. The zero-order chi connectivity index (χ0) is 16.1. The van der Waals surface area contributed by atoms with E-state index in [4.69, 9.17) is 10.1 Å². The number of aliphatic hydroxyl groups excluding tert-OH is 2. The second-order valence-corrected chi connectivity index (χ2v) is 6.06. The number of thiazole rings is 1. The monoisotopic (exact) mass is 326 g/mol. The van der Waals surface area contributed by atoms with Crippen molar-refractivity contribution in [1.29, 1.82) is 0 Å². The standard InChI is InChI=1S/C18H18N2O2S/c21-11-16(22)10-19-15-8-4-7-14(9-15)17-12-23-18(20-17)13-5-2-1-3-6-13/h1-9,12,16,19,21-22H,10-11H2. The quantitative estimate of drug-likeness (QED) is 0.650. The van der Waals surface area contributed by atoms with Gasteiger partial charge in [-0.3, -0.25) is 0 Å². The number of hydrogen-bond acceptors (Lipinski definition) is 5. The third-order valence-electron chi connectivity index (χ3n) is 3.44. The van der Waals surface area contributed by atoms with Crippen molar-refractivity contribution in [3.05, 3.63) is 60.0 Å². The van der Waals surface area contributed by atoms with Gasteiger partial charge in [0.1, 0.15) is 5.01 Å². The Morgan fingerprint density at radius 3 is 2.61 bits per heavy atom. The lowest BCUT2D eigenvalue weighted by Crippen LogP contribution is -2.22. The number of anilines is 1. The molecule has 0 aliphatic heterocycles. The summed E-state index contributed by atoms with van der Waals surface area (Å²) in [5, 5.41) is 24.4. The van der Waals surface area contributed by atoms with Gasteiger partial charge in [-0.2, -0.15) is 0 Å². The largest absolute Gasteiger partial charge is 0.394 e. The third kappa shape index (κ3) is 3.96. The number of aliphatic hydroxyl groups is 2. The molecule has 3 N–H and O–H groups in total. The molecule has 0 saturated heterocycles. The van der Waals surface area contributed by atoms with Crippen molar-refractivity contribution < 1.29 is 10.2 Å². The van der Waals surface area contributed by atoms with Crippen LogP contribution >= 0.6 is 11.3 Å². The first kappa shape index (κ1) is 15.7. The Labute approximate surface area is 139 Å². The Kier molecular flexibility index (Phi) is 5.02. The van der Waals surface area contributed by atoms with Gasteiger partial charge in [-0.15, -0.1) is 11.3 Å². The smallest absolute Gasteiger partial charge is 0.124 e. The number of aromatic nitrogens is 1. The highest BCUT2D eigenvalue weighted by molar-refractivity contribution is 7.13. The van der Waals surface area contributed by atoms with E-state index in [1.807, 2.05) is 47.8 Å². The average molecular weight is 326 g/mol. The molecule has 5 heteroatoms. The van der Waals surface area contributed by atoms with Crippen LogP contribution in [0.5, 0.6) is 0 Å². The molecule has 0 fully saturated rings. The summed E-state index contributed by atoms with van der Waals surface area (Å²) in [4.78, 5) is 4.70. The molecule has 23 heavy (non-hydrogen) atoms. The van der Waals surface area contributed by atoms with Crippen LogP contribution < -0.4 is 5.32 Å². The maximum atomic E-state index is 9.41. The molecular weight excluding hydrogens is 308 g/mol. The molecule has 1 unspecified atom stereocenters. The highest BCUT2D eigenvalue weighted by Gasteiger charge is 2.07. The van der Waals surface area contributed by atoms with Crippen LogP contribution in [0.1, 0.15) is 0 Å². The summed E-state index contributed by atoms with van der Waals surface area (Å²) in [6.45, 7) is 0.0610. The number of nitrogens with one attached hydrogen (secondary N) is 1. The van der Waals surface area contributed by atoms with Crippen LogP contribution in [0.2, 0.25) is 0 Å². The van der Waals surface area contributed by atoms with Crippen LogP contribution in [-0.2, 0) is 0 Å². The lowest BCUT2D eigenvalue weighted by Gasteiger charge is -2.10. The molecule has 0 saturated carbocycles. The van der Waals surface area contributed by atoms with Gasteiger partial charge in [0.05, 0.1) is 18.4 Å². The first-order valence-corrected chi connectivity index (χ1v) is 8.28. The van der Waals surface area contributed by atoms with Crippen molar-refractivity contribution in [2.75, 3.05) is 18.5 Å². The predicted molar refractivity (Wildman–Crippen MR) is 94.6 cm³/mol. The van der Waals surface area contributed by atoms with Gasteiger partial charge in [0.15, 0.2) is 0 Å². The topological polar surface area (TPSA) is 65.4 Å². The fraction of sp³-hybridized carbons (Fsp3) is 0.167. The summed E-state index contributed by atoms with van der Waals surface area (Å²) in [7, 11) is 0. The molecule has 0 aliphatic rings. The predicted octanol–water partition coefficient (Wildman–Crippen LogP) is 3.24. The molecule has 0 radical (unpaired) electrons. The minimum Gasteiger partial charge on any atom is -0.394 e. The summed E-state index contributed by atoms with van der Waals surface area (Å²) in [5.74, 6) is 0. The Hall–Kier alpha value is -2.21. The minimum atomic E-state index is -0.761. The van der Waals surface area contributed by atoms with E-state index in [0.717, 1.165) is 27.5 Å². The van der Waals surface area contributed by atoms with E-state index in [2.05, 4.69) is 17.4 Å². The molecule has 1 heterocycles. The first-order chi connectivity index (χ1) is 11.3. The molecule has 118 valence electrons. The van der Waals surface area contributed by atoms with Crippen molar-refractivity contribution in [2.45, 2.75) is 6.10 Å². The molecule has 3 aromatic rings. The molecule has 0 aliphatic carbocycles. The number of nitrogens with zero attached hydrogens (tertiary/aromatic N) is 1. The van der Waals surface area contributed by atoms with E-state index in [-0.39, 0.29) is 6.61 Å². The summed E-state index contributed by atoms with van der Waals surface area (Å²) in [5.41, 5.74) is 3.96. The summed E-state index contributed by atoms with van der Waals surface area (Å²) in [6, 6.07) is 18.0. The van der Waals surface area contributed by atoms with Gasteiger partial charge in [-0.05, 0) is 12.1 Å². The van der Waals surface area contributed by atoms with Crippen LogP contribution in [0.25, 0.3) is 21.8 Å². The van der Waals surface area contributed by atoms with E-state index in [9.17, 15) is 5.11 Å². The van der Waals surface area contributed by atoms with Crippen molar-refractivity contribution >= 4 is 17.0 Å². The highest BCUT2D eigenvalue weighted by atomic mass is 32.1. The molecule has 1 aromatic heterocycles. The second kappa shape index (κ2) is 7.37. The van der Waals surface area contributed by atoms with Crippen molar-refractivity contribution in [3.63, 3.8) is 0 Å². The fourth-order valence-electron chi connectivity index (χ4n) is 2.21. The van der Waals surface area contributed by atoms with Gasteiger partial charge < -0.3 is 15.5 Å². The van der Waals surface area contributed by atoms with Crippen LogP contribution in [0.4, 0.5) is 5.69 Å². The lowest BCUT2D eigenvalue weighted by molar-refractivity contribution is 0.105. The van der Waals surface area contributed by atoms with Gasteiger partial charge in [-0.1, -0.05) is 42.5 Å². The SMILES string of the molecule is OCC(O)CNc1cccc(-c2csc(-c3ccccc3)n2)c1. The third-order valence-corrected chi connectivity index (χ3v) is 4.33. The highest BCUT2D eigenvalue weighted by Crippen LogP contribution is 2.29. The zero-order valence-corrected chi connectivity index (χ0v) is 13.3. The van der Waals surface area contributed by atoms with Crippen LogP contribution in [0.3, 0.4) is 0 Å². The van der Waals surface area contributed by atoms with Gasteiger partial charge in [0.2, 0.25) is 0 Å². The second-order valence-electron chi connectivity index (χ2n) is 5.20. The first-order valence-electron chi connectivity index (χ1n) is 7.40. The molecule has 2 aromatic carbocycles. The molecule has 4 nitrogen and oxygen atoms in total. The van der Waals surface area contributed by atoms with Gasteiger partial charge >= 0.3 is 0 Å². The van der Waals surface area contributed by atoms with E-state index in [1.165, 1.54) is 0 Å². The minimum absolute atomic E-state index is 0.251. The molecule has 0 bridgehead atoms. The molecule has 0 amide bonds. The normalized spacial score (nSPS) is 12.1. The Morgan fingerprint density at radius 2 is 1.83 bits per heavy atom. The van der Waals surface area contributed by atoms with Gasteiger partial charge in [-0.25, -0.2) is 4.98 Å². The number of rotatable bonds is 6. The summed E-state index contributed by atoms with van der Waals surface area (Å²) < 4.78 is 0. The van der Waals surface area contributed by atoms with E-state index in [0.29, 0.717) is 6.54 Å². The van der Waals surface area contributed by atoms with Crippen LogP contribution in [0, 0.1) is 0 Å². The van der Waals surface area contributed by atoms with Crippen LogP contribution in [0.15, 0.2) is 60.0 Å². The van der Waals surface area contributed by atoms with E-state index >= 15 is 0 Å². The lowest BCUT2D eigenvalue weighted by atomic mass is 10.1. The molecular formula is C18H18N2O2S. The van der Waals surface area contributed by atoms with Crippen LogP contribution in [-0.4, -0.2) is 34.5 Å². The van der Waals surface area contributed by atoms with Gasteiger partial charge in [0.25, 0.3) is 0 Å². The molecule has 1 atom stereocenters. The maximum Gasteiger partial charge on any atom is 0.124 e. The van der Waals surface area contributed by atoms with Crippen molar-refractivity contribution in [3.8, 4) is 21.8 Å². The Morgan fingerprint density at radius 1 is 1.04 bits per heavy atom. The van der Waals surface area contributed by atoms with Gasteiger partial charge in [0, 0.05) is 28.7 Å². The molecule has 0 spiro atoms. The number of benzene rings is 2. The van der Waals surface area contributed by atoms with E-state index in [1.54, 1.807) is 11.3 Å². The number of hydrogen-bond donors (Lipinski definition) is 3. The summed E-state index contributed by atoms with van der Waals surface area (Å²) >= 11 is 1.62. The Bertz CT molecular complexity index is 758. The fourth-order valence-corrected chi connectivity index (χ4v) is 3.04.